The zero-order valence-electron chi connectivity index (χ0n) is 9.74. The van der Waals surface area contributed by atoms with Gasteiger partial charge in [-0.05, 0) is 31.7 Å². The van der Waals surface area contributed by atoms with Gasteiger partial charge in [0, 0.05) is 20.8 Å². The van der Waals surface area contributed by atoms with Crippen LogP contribution in [0.1, 0.15) is 25.7 Å². The van der Waals surface area contributed by atoms with E-state index in [4.69, 9.17) is 9.47 Å². The summed E-state index contributed by atoms with van der Waals surface area (Å²) in [5.74, 6) is 0.600. The summed E-state index contributed by atoms with van der Waals surface area (Å²) in [4.78, 5) is 0. The van der Waals surface area contributed by atoms with E-state index >= 15 is 0 Å². The highest BCUT2D eigenvalue weighted by atomic mass is 16.7. The molecule has 2 unspecified atom stereocenters. The first-order chi connectivity index (χ1) is 7.26. The Hall–Kier alpha value is -0.160. The first-order valence-corrected chi connectivity index (χ1v) is 5.70. The minimum absolute atomic E-state index is 0.0915. The van der Waals surface area contributed by atoms with Gasteiger partial charge in [-0.25, -0.2) is 0 Å². The van der Waals surface area contributed by atoms with Crippen molar-refractivity contribution in [2.24, 2.45) is 5.92 Å². The fourth-order valence-corrected chi connectivity index (χ4v) is 2.12. The van der Waals surface area contributed by atoms with Crippen molar-refractivity contribution < 1.29 is 14.6 Å². The average Bonchev–Trinajstić information content (AvgIpc) is 2.25. The quantitative estimate of drug-likeness (QED) is 0.645. The summed E-state index contributed by atoms with van der Waals surface area (Å²) in [6, 6.07) is 0. The van der Waals surface area contributed by atoms with Gasteiger partial charge in [0.15, 0.2) is 6.29 Å². The third-order valence-corrected chi connectivity index (χ3v) is 3.02. The molecule has 15 heavy (non-hydrogen) atoms. The summed E-state index contributed by atoms with van der Waals surface area (Å²) < 4.78 is 10.2. The summed E-state index contributed by atoms with van der Waals surface area (Å²) in [5, 5.41) is 12.8. The molecule has 0 aromatic heterocycles. The topological polar surface area (TPSA) is 50.7 Å². The fraction of sp³-hybridized carbons (Fsp3) is 1.00. The molecule has 4 nitrogen and oxygen atoms in total. The van der Waals surface area contributed by atoms with Crippen LogP contribution < -0.4 is 5.32 Å². The van der Waals surface area contributed by atoms with E-state index in [1.807, 2.05) is 0 Å². The molecule has 0 aromatic rings. The number of ether oxygens (including phenoxy) is 2. The van der Waals surface area contributed by atoms with Gasteiger partial charge in [0.2, 0.25) is 0 Å². The smallest absolute Gasteiger partial charge is 0.169 e. The second-order valence-corrected chi connectivity index (χ2v) is 4.25. The molecule has 4 heteroatoms. The number of rotatable bonds is 6. The van der Waals surface area contributed by atoms with Crippen molar-refractivity contribution in [2.45, 2.75) is 38.1 Å². The Morgan fingerprint density at radius 1 is 1.33 bits per heavy atom. The van der Waals surface area contributed by atoms with Crippen LogP contribution in [0, 0.1) is 5.92 Å². The van der Waals surface area contributed by atoms with Crippen LogP contribution in [0.4, 0.5) is 0 Å². The van der Waals surface area contributed by atoms with Crippen molar-refractivity contribution in [2.75, 3.05) is 27.3 Å². The van der Waals surface area contributed by atoms with E-state index in [0.717, 1.165) is 25.8 Å². The molecule has 0 heterocycles. The molecule has 2 N–H and O–H groups in total. The van der Waals surface area contributed by atoms with Crippen LogP contribution in [0.5, 0.6) is 0 Å². The minimum atomic E-state index is -0.168. The van der Waals surface area contributed by atoms with Gasteiger partial charge in [0.25, 0.3) is 0 Å². The highest BCUT2D eigenvalue weighted by molar-refractivity contribution is 4.73. The molecule has 1 saturated carbocycles. The van der Waals surface area contributed by atoms with E-state index in [0.29, 0.717) is 12.5 Å². The third-order valence-electron chi connectivity index (χ3n) is 3.02. The summed E-state index contributed by atoms with van der Waals surface area (Å²) in [6.45, 7) is 1.65. The molecule has 0 aliphatic heterocycles. The third kappa shape index (κ3) is 4.93. The normalized spacial score (nSPS) is 27.2. The molecule has 1 fully saturated rings. The van der Waals surface area contributed by atoms with Crippen molar-refractivity contribution in [1.82, 2.24) is 5.32 Å². The predicted octanol–water partition coefficient (Wildman–Crippen LogP) is 0.746. The second kappa shape index (κ2) is 7.17. The Morgan fingerprint density at radius 3 is 2.67 bits per heavy atom. The monoisotopic (exact) mass is 217 g/mol. The molecule has 0 radical (unpaired) electrons. The molecule has 0 amide bonds. The van der Waals surface area contributed by atoms with Crippen molar-refractivity contribution >= 4 is 0 Å². The molecule has 0 spiro atoms. The van der Waals surface area contributed by atoms with E-state index in [-0.39, 0.29) is 12.4 Å². The molecule has 2 atom stereocenters. The van der Waals surface area contributed by atoms with Crippen LogP contribution in [-0.2, 0) is 9.47 Å². The average molecular weight is 217 g/mol. The SMILES string of the molecule is COC(CNCC1CCCC(O)C1)OC. The van der Waals surface area contributed by atoms with Crippen molar-refractivity contribution in [1.29, 1.82) is 0 Å². The van der Waals surface area contributed by atoms with E-state index < -0.39 is 0 Å². The minimum Gasteiger partial charge on any atom is -0.393 e. The summed E-state index contributed by atoms with van der Waals surface area (Å²) in [5.41, 5.74) is 0. The molecule has 1 aliphatic carbocycles. The standard InChI is InChI=1S/C11H23NO3/c1-14-11(15-2)8-12-7-9-4-3-5-10(13)6-9/h9-13H,3-8H2,1-2H3. The van der Waals surface area contributed by atoms with Crippen LogP contribution in [0.25, 0.3) is 0 Å². The van der Waals surface area contributed by atoms with Gasteiger partial charge in [-0.15, -0.1) is 0 Å². The van der Waals surface area contributed by atoms with Crippen LogP contribution in [0.3, 0.4) is 0 Å². The molecule has 0 saturated heterocycles. The van der Waals surface area contributed by atoms with E-state index in [1.54, 1.807) is 14.2 Å². The van der Waals surface area contributed by atoms with Gasteiger partial charge in [-0.1, -0.05) is 6.42 Å². The van der Waals surface area contributed by atoms with Crippen molar-refractivity contribution in [3.05, 3.63) is 0 Å². The molecule has 90 valence electrons. The molecule has 0 bridgehead atoms. The van der Waals surface area contributed by atoms with Gasteiger partial charge < -0.3 is 19.9 Å². The maximum Gasteiger partial charge on any atom is 0.169 e. The Morgan fingerprint density at radius 2 is 2.07 bits per heavy atom. The van der Waals surface area contributed by atoms with Crippen molar-refractivity contribution in [3.8, 4) is 0 Å². The van der Waals surface area contributed by atoms with Crippen LogP contribution in [0.2, 0.25) is 0 Å². The summed E-state index contributed by atoms with van der Waals surface area (Å²) in [6.07, 6.45) is 4.00. The lowest BCUT2D eigenvalue weighted by atomic mass is 9.87. The molecule has 0 aromatic carbocycles. The highest BCUT2D eigenvalue weighted by Gasteiger charge is 2.19. The van der Waals surface area contributed by atoms with Crippen molar-refractivity contribution in [3.63, 3.8) is 0 Å². The van der Waals surface area contributed by atoms with E-state index in [9.17, 15) is 5.11 Å². The number of methoxy groups -OCH3 is 2. The number of nitrogens with one attached hydrogen (secondary N) is 1. The number of aliphatic hydroxyl groups is 1. The maximum absolute atomic E-state index is 9.50. The second-order valence-electron chi connectivity index (χ2n) is 4.25. The Balaban J connectivity index is 2.08. The van der Waals surface area contributed by atoms with Gasteiger partial charge in [-0.2, -0.15) is 0 Å². The summed E-state index contributed by atoms with van der Waals surface area (Å²) in [7, 11) is 3.28. The van der Waals surface area contributed by atoms with Gasteiger partial charge in [0.05, 0.1) is 6.10 Å². The molecule has 1 rings (SSSR count). The lowest BCUT2D eigenvalue weighted by Gasteiger charge is -2.26. The first kappa shape index (κ1) is 12.9. The Labute approximate surface area is 92.0 Å². The zero-order chi connectivity index (χ0) is 11.1. The van der Waals surface area contributed by atoms with Crippen LogP contribution in [-0.4, -0.2) is 44.8 Å². The molecular formula is C11H23NO3. The fourth-order valence-electron chi connectivity index (χ4n) is 2.12. The predicted molar refractivity (Wildman–Crippen MR) is 58.6 cm³/mol. The maximum atomic E-state index is 9.50. The largest absolute Gasteiger partial charge is 0.393 e. The highest BCUT2D eigenvalue weighted by Crippen LogP contribution is 2.23. The lowest BCUT2D eigenvalue weighted by molar-refractivity contribution is -0.0991. The van der Waals surface area contributed by atoms with Gasteiger partial charge in [-0.3, -0.25) is 0 Å². The molecule has 1 aliphatic rings. The van der Waals surface area contributed by atoms with E-state index in [1.165, 1.54) is 6.42 Å². The number of aliphatic hydroxyl groups excluding tert-OH is 1. The van der Waals surface area contributed by atoms with Gasteiger partial charge >= 0.3 is 0 Å². The lowest BCUT2D eigenvalue weighted by Crippen LogP contribution is -2.35. The summed E-state index contributed by atoms with van der Waals surface area (Å²) >= 11 is 0. The number of hydrogen-bond donors (Lipinski definition) is 2. The number of hydrogen-bond acceptors (Lipinski definition) is 4. The van der Waals surface area contributed by atoms with E-state index in [2.05, 4.69) is 5.32 Å². The van der Waals surface area contributed by atoms with Gasteiger partial charge in [0.1, 0.15) is 0 Å². The zero-order valence-corrected chi connectivity index (χ0v) is 9.74. The Kier molecular flexibility index (Phi) is 6.17. The Bertz CT molecular complexity index is 162. The van der Waals surface area contributed by atoms with Crippen LogP contribution in [0.15, 0.2) is 0 Å². The molecular weight excluding hydrogens is 194 g/mol. The first-order valence-electron chi connectivity index (χ1n) is 5.70. The van der Waals surface area contributed by atoms with Crippen LogP contribution >= 0.6 is 0 Å².